The Kier molecular flexibility index (Phi) is 10.8. The van der Waals surface area contributed by atoms with E-state index in [0.29, 0.717) is 29.1 Å². The molecule has 204 valence electrons. The summed E-state index contributed by atoms with van der Waals surface area (Å²) in [6.45, 7) is 12.3. The fourth-order valence-electron chi connectivity index (χ4n) is 3.43. The highest BCUT2D eigenvalue weighted by molar-refractivity contribution is 6.05. The van der Waals surface area contributed by atoms with Crippen molar-refractivity contribution >= 4 is 17.5 Å². The maximum atomic E-state index is 13.0. The molecule has 1 aromatic heterocycles. The van der Waals surface area contributed by atoms with Crippen LogP contribution in [0.5, 0.6) is 0 Å². The number of carbonyl (C=O) groups excluding carboxylic acids is 2. The number of likely N-dealkylation sites (N-methyl/N-ethyl adjacent to an activating group) is 1. The van der Waals surface area contributed by atoms with Gasteiger partial charge in [0.05, 0.1) is 11.6 Å². The summed E-state index contributed by atoms with van der Waals surface area (Å²) in [5.74, 6) is -0.547. The third-order valence-corrected chi connectivity index (χ3v) is 5.88. The first-order valence-corrected chi connectivity index (χ1v) is 12.6. The number of nitrogens with two attached hydrogens (primary N) is 1. The zero-order chi connectivity index (χ0) is 29.2. The largest absolute Gasteiger partial charge is 0.405 e. The number of nitrogens with one attached hydrogen (secondary N) is 1. The molecule has 0 fully saturated rings. The molecule has 3 rings (SSSR count). The van der Waals surface area contributed by atoms with Crippen molar-refractivity contribution in [2.45, 2.75) is 47.0 Å². The Labute approximate surface area is 230 Å². The lowest BCUT2D eigenvalue weighted by molar-refractivity contribution is 0.0769. The lowest BCUT2D eigenvalue weighted by Crippen LogP contribution is -2.26. The third kappa shape index (κ3) is 8.44. The van der Waals surface area contributed by atoms with E-state index < -0.39 is 0 Å². The molecule has 0 radical (unpaired) electrons. The molecule has 3 N–H and O–H groups in total. The minimum atomic E-state index is -0.326. The number of hydrogen-bond acceptors (Lipinski definition) is 6. The van der Waals surface area contributed by atoms with Crippen LogP contribution in [0.25, 0.3) is 11.3 Å². The first kappa shape index (κ1) is 30.6. The van der Waals surface area contributed by atoms with Crippen LogP contribution in [-0.4, -0.2) is 35.5 Å². The lowest BCUT2D eigenvalue weighted by Gasteiger charge is -2.20. The molecule has 2 amide bonds. The smallest absolute Gasteiger partial charge is 0.292 e. The van der Waals surface area contributed by atoms with Gasteiger partial charge in [-0.3, -0.25) is 9.59 Å². The van der Waals surface area contributed by atoms with E-state index in [1.54, 1.807) is 49.5 Å². The number of anilines is 1. The number of aryl methyl sites for hydroxylation is 1. The van der Waals surface area contributed by atoms with E-state index in [-0.39, 0.29) is 23.0 Å². The van der Waals surface area contributed by atoms with Gasteiger partial charge < -0.3 is 20.5 Å². The van der Waals surface area contributed by atoms with Gasteiger partial charge in [-0.1, -0.05) is 44.1 Å². The SMILES string of the molecule is C/C=C\C.Cc1ccc(NC(=O)c2cc(C#N)cc(C(C)(C)C)c2)cc1-c1cc(C(=O)N(C)C/C=C/N)on1. The van der Waals surface area contributed by atoms with Gasteiger partial charge in [0, 0.05) is 36.5 Å². The van der Waals surface area contributed by atoms with Gasteiger partial charge in [0.25, 0.3) is 11.8 Å². The minimum absolute atomic E-state index is 0.102. The predicted octanol–water partition coefficient (Wildman–Crippen LogP) is 6.20. The molecular formula is C31H37N5O3. The van der Waals surface area contributed by atoms with Gasteiger partial charge in [-0.2, -0.15) is 5.26 Å². The van der Waals surface area contributed by atoms with Gasteiger partial charge in [0.15, 0.2) is 0 Å². The van der Waals surface area contributed by atoms with Crippen LogP contribution in [0.1, 0.15) is 72.2 Å². The van der Waals surface area contributed by atoms with Crippen molar-refractivity contribution in [3.05, 3.63) is 94.9 Å². The zero-order valence-corrected chi connectivity index (χ0v) is 23.7. The zero-order valence-electron chi connectivity index (χ0n) is 23.7. The molecular weight excluding hydrogens is 490 g/mol. The van der Waals surface area contributed by atoms with Crippen molar-refractivity contribution in [3.63, 3.8) is 0 Å². The van der Waals surface area contributed by atoms with Gasteiger partial charge >= 0.3 is 0 Å². The lowest BCUT2D eigenvalue weighted by atomic mass is 9.85. The molecule has 0 saturated heterocycles. The van der Waals surface area contributed by atoms with Crippen molar-refractivity contribution in [3.8, 4) is 17.3 Å². The van der Waals surface area contributed by atoms with Crippen LogP contribution in [0, 0.1) is 18.3 Å². The molecule has 3 aromatic rings. The molecule has 1 heterocycles. The van der Waals surface area contributed by atoms with Crippen molar-refractivity contribution in [2.75, 3.05) is 18.9 Å². The summed E-state index contributed by atoms with van der Waals surface area (Å²) in [6.07, 6.45) is 7.03. The quantitative estimate of drug-likeness (QED) is 0.368. The summed E-state index contributed by atoms with van der Waals surface area (Å²) in [7, 11) is 1.64. The number of hydrogen-bond donors (Lipinski definition) is 2. The summed E-state index contributed by atoms with van der Waals surface area (Å²) in [4.78, 5) is 27.0. The van der Waals surface area contributed by atoms with Gasteiger partial charge in [0.2, 0.25) is 5.76 Å². The fraction of sp³-hybridized carbons (Fsp3) is 0.290. The number of allylic oxidation sites excluding steroid dienone is 2. The van der Waals surface area contributed by atoms with E-state index in [1.807, 2.05) is 59.8 Å². The first-order chi connectivity index (χ1) is 18.4. The Morgan fingerprint density at radius 1 is 1.13 bits per heavy atom. The third-order valence-electron chi connectivity index (χ3n) is 5.88. The number of aromatic nitrogens is 1. The molecule has 8 heteroatoms. The molecule has 0 aliphatic heterocycles. The number of nitriles is 1. The second-order valence-electron chi connectivity index (χ2n) is 10.0. The average molecular weight is 528 g/mol. The Bertz CT molecular complexity index is 1400. The van der Waals surface area contributed by atoms with E-state index in [4.69, 9.17) is 10.3 Å². The van der Waals surface area contributed by atoms with E-state index in [0.717, 1.165) is 16.7 Å². The molecule has 0 spiro atoms. The van der Waals surface area contributed by atoms with Crippen LogP contribution in [0.15, 0.2) is 71.4 Å². The van der Waals surface area contributed by atoms with Crippen LogP contribution in [0.3, 0.4) is 0 Å². The van der Waals surface area contributed by atoms with E-state index in [2.05, 4.69) is 16.5 Å². The Morgan fingerprint density at radius 3 is 2.41 bits per heavy atom. The standard InChI is InChI=1S/C27H29N5O3.C4H8/c1-17-7-8-21(30-25(33)19-11-18(16-29)12-20(13-19)27(2,3)4)14-22(17)23-15-24(35-31-23)26(34)32(5)10-6-9-28;1-3-4-2/h6-9,11-15H,10,28H2,1-5H3,(H,30,33);3-4H,1-2H3/b9-6+;4-3-. The van der Waals surface area contributed by atoms with E-state index >= 15 is 0 Å². The first-order valence-electron chi connectivity index (χ1n) is 12.6. The summed E-state index contributed by atoms with van der Waals surface area (Å²) in [5, 5.41) is 16.4. The second-order valence-corrected chi connectivity index (χ2v) is 10.0. The molecule has 0 aliphatic rings. The van der Waals surface area contributed by atoms with Gasteiger partial charge in [-0.25, -0.2) is 0 Å². The molecule has 8 nitrogen and oxygen atoms in total. The number of carbonyl (C=O) groups is 2. The molecule has 0 atom stereocenters. The molecule has 0 aliphatic carbocycles. The van der Waals surface area contributed by atoms with E-state index in [9.17, 15) is 14.9 Å². The van der Waals surface area contributed by atoms with E-state index in [1.165, 1.54) is 11.1 Å². The molecule has 2 aromatic carbocycles. The highest BCUT2D eigenvalue weighted by atomic mass is 16.5. The maximum absolute atomic E-state index is 13.0. The average Bonchev–Trinajstić information content (AvgIpc) is 3.41. The second kappa shape index (κ2) is 13.8. The summed E-state index contributed by atoms with van der Waals surface area (Å²) in [6, 6.07) is 14.3. The van der Waals surface area contributed by atoms with Crippen LogP contribution < -0.4 is 11.1 Å². The van der Waals surface area contributed by atoms with Crippen LogP contribution >= 0.6 is 0 Å². The number of rotatable bonds is 6. The summed E-state index contributed by atoms with van der Waals surface area (Å²) < 4.78 is 5.28. The van der Waals surface area contributed by atoms with Gasteiger partial charge in [-0.15, -0.1) is 0 Å². The van der Waals surface area contributed by atoms with Crippen LogP contribution in [0.2, 0.25) is 0 Å². The van der Waals surface area contributed by atoms with Crippen molar-refractivity contribution in [2.24, 2.45) is 5.73 Å². The fourth-order valence-corrected chi connectivity index (χ4v) is 3.43. The summed E-state index contributed by atoms with van der Waals surface area (Å²) >= 11 is 0. The number of nitrogens with zero attached hydrogens (tertiary/aromatic N) is 3. The maximum Gasteiger partial charge on any atom is 0.292 e. The Morgan fingerprint density at radius 2 is 1.82 bits per heavy atom. The van der Waals surface area contributed by atoms with Crippen molar-refractivity contribution in [1.82, 2.24) is 10.1 Å². The van der Waals surface area contributed by atoms with Crippen molar-refractivity contribution < 1.29 is 14.1 Å². The Balaban J connectivity index is 0.00000124. The van der Waals surface area contributed by atoms with Crippen molar-refractivity contribution in [1.29, 1.82) is 5.26 Å². The molecule has 0 bridgehead atoms. The highest BCUT2D eigenvalue weighted by Gasteiger charge is 2.20. The highest BCUT2D eigenvalue weighted by Crippen LogP contribution is 2.28. The molecule has 0 unspecified atom stereocenters. The van der Waals surface area contributed by atoms with Crippen LogP contribution in [0.4, 0.5) is 5.69 Å². The normalized spacial score (nSPS) is 11.1. The summed E-state index contributed by atoms with van der Waals surface area (Å²) in [5.41, 5.74) is 9.51. The molecule has 39 heavy (non-hydrogen) atoms. The molecule has 0 saturated carbocycles. The van der Waals surface area contributed by atoms with Gasteiger partial charge in [-0.05, 0) is 79.9 Å². The topological polar surface area (TPSA) is 125 Å². The van der Waals surface area contributed by atoms with Crippen LogP contribution in [-0.2, 0) is 5.41 Å². The van der Waals surface area contributed by atoms with Gasteiger partial charge in [0.1, 0.15) is 5.69 Å². The number of benzene rings is 2. The Hall–Kier alpha value is -4.64. The minimum Gasteiger partial charge on any atom is -0.405 e. The number of amides is 2. The predicted molar refractivity (Wildman–Crippen MR) is 155 cm³/mol. The monoisotopic (exact) mass is 527 g/mol.